The Hall–Kier alpha value is -1.20. The predicted octanol–water partition coefficient (Wildman–Crippen LogP) is 2.55. The quantitative estimate of drug-likeness (QED) is 0.702. The number of ketones is 1. The van der Waals surface area contributed by atoms with Crippen molar-refractivity contribution in [3.05, 3.63) is 11.6 Å². The van der Waals surface area contributed by atoms with Crippen LogP contribution in [0.5, 0.6) is 0 Å². The zero-order chi connectivity index (χ0) is 18.9. The van der Waals surface area contributed by atoms with Gasteiger partial charge in [0, 0.05) is 12.3 Å². The summed E-state index contributed by atoms with van der Waals surface area (Å²) >= 11 is 0. The highest BCUT2D eigenvalue weighted by Gasteiger charge is 2.63. The fourth-order valence-electron chi connectivity index (χ4n) is 7.42. The lowest BCUT2D eigenvalue weighted by Gasteiger charge is -2.60. The Morgan fingerprint density at radius 3 is 2.65 bits per heavy atom. The van der Waals surface area contributed by atoms with Gasteiger partial charge in [-0.25, -0.2) is 4.79 Å². The minimum Gasteiger partial charge on any atom is -0.479 e. The van der Waals surface area contributed by atoms with Crippen LogP contribution in [0.15, 0.2) is 11.6 Å². The first-order chi connectivity index (χ1) is 12.2. The molecule has 3 saturated carbocycles. The van der Waals surface area contributed by atoms with E-state index in [4.69, 9.17) is 0 Å². The highest BCUT2D eigenvalue weighted by Crippen LogP contribution is 2.66. The molecule has 3 N–H and O–H groups in total. The number of rotatable bonds is 2. The summed E-state index contributed by atoms with van der Waals surface area (Å²) in [5.41, 5.74) is 0.749. The molecule has 5 heteroatoms. The highest BCUT2D eigenvalue weighted by atomic mass is 16.4. The lowest BCUT2D eigenvalue weighted by atomic mass is 9.46. The minimum absolute atomic E-state index is 0.124. The van der Waals surface area contributed by atoms with E-state index in [2.05, 4.69) is 13.8 Å². The van der Waals surface area contributed by atoms with Gasteiger partial charge in [0.1, 0.15) is 0 Å². The van der Waals surface area contributed by atoms with Crippen LogP contribution >= 0.6 is 0 Å². The molecule has 0 aromatic rings. The molecule has 0 bridgehead atoms. The number of aliphatic hydroxyl groups excluding tert-OH is 2. The molecule has 0 aliphatic heterocycles. The van der Waals surface area contributed by atoms with Gasteiger partial charge in [0.15, 0.2) is 11.9 Å². The van der Waals surface area contributed by atoms with Gasteiger partial charge in [-0.15, -0.1) is 0 Å². The van der Waals surface area contributed by atoms with E-state index in [1.165, 1.54) is 5.57 Å². The largest absolute Gasteiger partial charge is 0.479 e. The minimum atomic E-state index is -1.35. The molecule has 0 aromatic carbocycles. The van der Waals surface area contributed by atoms with Crippen LogP contribution < -0.4 is 0 Å². The topological polar surface area (TPSA) is 94.8 Å². The van der Waals surface area contributed by atoms with Crippen molar-refractivity contribution in [3.63, 3.8) is 0 Å². The Kier molecular flexibility index (Phi) is 4.12. The lowest BCUT2D eigenvalue weighted by molar-refractivity contribution is -0.162. The molecule has 4 rings (SSSR count). The first-order valence-electron chi connectivity index (χ1n) is 10.0. The van der Waals surface area contributed by atoms with E-state index in [0.717, 1.165) is 25.7 Å². The third-order valence-electron chi connectivity index (χ3n) is 8.60. The second-order valence-electron chi connectivity index (χ2n) is 9.63. The number of carboxylic acid groups (broad SMARTS) is 1. The maximum absolute atomic E-state index is 11.9. The Morgan fingerprint density at radius 2 is 1.96 bits per heavy atom. The molecule has 4 aliphatic rings. The normalized spacial score (nSPS) is 48.8. The van der Waals surface area contributed by atoms with E-state index in [-0.39, 0.29) is 28.4 Å². The van der Waals surface area contributed by atoms with Crippen LogP contribution in [0, 0.1) is 34.5 Å². The van der Waals surface area contributed by atoms with E-state index in [1.54, 1.807) is 0 Å². The summed E-state index contributed by atoms with van der Waals surface area (Å²) in [6, 6.07) is 0. The number of fused-ring (bicyclic) bond motifs is 5. The Bertz CT molecular complexity index is 669. The van der Waals surface area contributed by atoms with Crippen LogP contribution in [-0.2, 0) is 9.59 Å². The number of carboxylic acids is 1. The lowest BCUT2D eigenvalue weighted by Crippen LogP contribution is -2.57. The van der Waals surface area contributed by atoms with Crippen molar-refractivity contribution in [1.82, 2.24) is 0 Å². The molecule has 4 aliphatic carbocycles. The van der Waals surface area contributed by atoms with E-state index in [9.17, 15) is 24.9 Å². The number of aliphatic hydroxyl groups is 2. The number of carbonyl (C=O) groups excluding carboxylic acids is 1. The fourth-order valence-corrected chi connectivity index (χ4v) is 7.42. The van der Waals surface area contributed by atoms with E-state index in [0.29, 0.717) is 31.1 Å². The Labute approximate surface area is 154 Å². The van der Waals surface area contributed by atoms with Gasteiger partial charge in [-0.1, -0.05) is 19.4 Å². The summed E-state index contributed by atoms with van der Waals surface area (Å²) in [5, 5.41) is 30.7. The first kappa shape index (κ1) is 18.2. The van der Waals surface area contributed by atoms with Gasteiger partial charge in [-0.2, -0.15) is 0 Å². The van der Waals surface area contributed by atoms with Gasteiger partial charge >= 0.3 is 5.97 Å². The van der Waals surface area contributed by atoms with Crippen LogP contribution in [0.3, 0.4) is 0 Å². The molecular weight excluding hydrogens is 332 g/mol. The molecule has 0 heterocycles. The maximum Gasteiger partial charge on any atom is 0.332 e. The third kappa shape index (κ3) is 2.36. The predicted molar refractivity (Wildman–Crippen MR) is 95.2 cm³/mol. The summed E-state index contributed by atoms with van der Waals surface area (Å²) in [6.45, 7) is 4.30. The van der Waals surface area contributed by atoms with Crippen molar-refractivity contribution in [2.24, 2.45) is 34.5 Å². The van der Waals surface area contributed by atoms with Crippen LogP contribution in [0.2, 0.25) is 0 Å². The van der Waals surface area contributed by atoms with Gasteiger partial charge in [0.25, 0.3) is 0 Å². The van der Waals surface area contributed by atoms with E-state index in [1.807, 2.05) is 6.08 Å². The summed E-state index contributed by atoms with van der Waals surface area (Å²) in [4.78, 5) is 23.3. The van der Waals surface area contributed by atoms with Crippen LogP contribution in [0.4, 0.5) is 0 Å². The second-order valence-corrected chi connectivity index (χ2v) is 9.63. The number of allylic oxidation sites excluding steroid dienone is 1. The summed E-state index contributed by atoms with van der Waals surface area (Å²) in [7, 11) is 0. The molecule has 0 radical (unpaired) electrons. The van der Waals surface area contributed by atoms with Crippen LogP contribution in [0.25, 0.3) is 0 Å². The number of hydrogen-bond acceptors (Lipinski definition) is 4. The van der Waals surface area contributed by atoms with E-state index < -0.39 is 18.2 Å². The van der Waals surface area contributed by atoms with Crippen molar-refractivity contribution < 1.29 is 24.9 Å². The van der Waals surface area contributed by atoms with Crippen molar-refractivity contribution in [1.29, 1.82) is 0 Å². The molecule has 0 spiro atoms. The molecule has 0 aromatic heterocycles. The number of hydrogen-bond donors (Lipinski definition) is 3. The molecule has 1 unspecified atom stereocenters. The smallest absolute Gasteiger partial charge is 0.332 e. The molecule has 0 amide bonds. The Balaban J connectivity index is 1.69. The van der Waals surface area contributed by atoms with Crippen LogP contribution in [0.1, 0.15) is 58.8 Å². The van der Waals surface area contributed by atoms with E-state index >= 15 is 0 Å². The molecule has 26 heavy (non-hydrogen) atoms. The SMILES string of the molecule is C[C@]12C[C@H](O)[C@H]3[C@@H](CCC4=CC(=O)CC[C@@]43C)[C@@H]1CC[C@@H]2C(O)C(=O)O. The van der Waals surface area contributed by atoms with Gasteiger partial charge in [0.2, 0.25) is 0 Å². The average Bonchev–Trinajstić information content (AvgIpc) is 2.90. The van der Waals surface area contributed by atoms with Gasteiger partial charge in [-0.3, -0.25) is 4.79 Å². The molecule has 144 valence electrons. The second kappa shape index (κ2) is 5.90. The first-order valence-corrected chi connectivity index (χ1v) is 10.0. The Morgan fingerprint density at radius 1 is 1.23 bits per heavy atom. The van der Waals surface area contributed by atoms with Crippen LogP contribution in [-0.4, -0.2) is 39.3 Å². The molecule has 3 fully saturated rings. The molecule has 5 nitrogen and oxygen atoms in total. The van der Waals surface area contributed by atoms with Gasteiger partial charge < -0.3 is 15.3 Å². The summed E-state index contributed by atoms with van der Waals surface area (Å²) < 4.78 is 0. The number of aliphatic carboxylic acids is 1. The van der Waals surface area contributed by atoms with Crippen molar-refractivity contribution in [2.45, 2.75) is 71.0 Å². The zero-order valence-corrected chi connectivity index (χ0v) is 15.6. The van der Waals surface area contributed by atoms with Gasteiger partial charge in [0.05, 0.1) is 6.10 Å². The average molecular weight is 362 g/mol. The molecular formula is C21H30O5. The maximum atomic E-state index is 11.9. The summed E-state index contributed by atoms with van der Waals surface area (Å²) in [6.07, 6.45) is 5.35. The third-order valence-corrected chi connectivity index (χ3v) is 8.60. The molecule has 0 saturated heterocycles. The highest BCUT2D eigenvalue weighted by molar-refractivity contribution is 5.91. The molecule has 8 atom stereocenters. The standard InChI is InChI=1S/C21H30O5/c1-20-8-7-12(22)9-11(20)3-4-13-14-5-6-15(18(24)19(25)26)21(14,2)10-16(23)17(13)20/h9,13-18,23-24H,3-8,10H2,1-2H3,(H,25,26)/t13-,14-,15+,16-,17+,18?,20-,21-/m0/s1. The van der Waals surface area contributed by atoms with Crippen molar-refractivity contribution >= 4 is 11.8 Å². The zero-order valence-electron chi connectivity index (χ0n) is 15.6. The number of carbonyl (C=O) groups is 2. The van der Waals surface area contributed by atoms with Gasteiger partial charge in [-0.05, 0) is 73.2 Å². The fraction of sp³-hybridized carbons (Fsp3) is 0.810. The summed E-state index contributed by atoms with van der Waals surface area (Å²) in [5.74, 6) is -0.430. The monoisotopic (exact) mass is 362 g/mol. The van der Waals surface area contributed by atoms with Crippen molar-refractivity contribution in [3.8, 4) is 0 Å². The van der Waals surface area contributed by atoms with Crippen molar-refractivity contribution in [2.75, 3.05) is 0 Å².